The van der Waals surface area contributed by atoms with Gasteiger partial charge in [-0.25, -0.2) is 23.1 Å². The Morgan fingerprint density at radius 1 is 1.30 bits per heavy atom. The van der Waals surface area contributed by atoms with Crippen LogP contribution in [0.15, 0.2) is 40.4 Å². The van der Waals surface area contributed by atoms with Gasteiger partial charge < -0.3 is 10.4 Å². The average Bonchev–Trinajstić information content (AvgIpc) is 3.25. The minimum atomic E-state index is -4.28. The quantitative estimate of drug-likeness (QED) is 0.599. The van der Waals surface area contributed by atoms with E-state index in [2.05, 4.69) is 15.3 Å². The number of hydrogen-bond acceptors (Lipinski definition) is 6. The van der Waals surface area contributed by atoms with Gasteiger partial charge >= 0.3 is 6.09 Å². The lowest BCUT2D eigenvalue weighted by molar-refractivity contribution is 0.194. The van der Waals surface area contributed by atoms with Gasteiger partial charge in [0.15, 0.2) is 5.82 Å². The van der Waals surface area contributed by atoms with Gasteiger partial charge in [0, 0.05) is 36.1 Å². The van der Waals surface area contributed by atoms with Crippen LogP contribution in [0.1, 0.15) is 5.56 Å². The number of hydrogen-bond donors (Lipinski definition) is 2. The van der Waals surface area contributed by atoms with E-state index in [1.807, 2.05) is 0 Å². The summed E-state index contributed by atoms with van der Waals surface area (Å²) in [6, 6.07) is 2.55. The van der Waals surface area contributed by atoms with Crippen LogP contribution in [0, 0.1) is 11.8 Å². The third kappa shape index (κ3) is 3.66. The van der Waals surface area contributed by atoms with Gasteiger partial charge in [0.1, 0.15) is 5.69 Å². The molecule has 0 saturated carbocycles. The molecule has 0 atom stereocenters. The molecule has 0 spiro atoms. The van der Waals surface area contributed by atoms with E-state index >= 15 is 0 Å². The monoisotopic (exact) mass is 414 g/mol. The molecule has 0 bridgehead atoms. The highest BCUT2D eigenvalue weighted by Crippen LogP contribution is 2.32. The minimum Gasteiger partial charge on any atom is -0.465 e. The van der Waals surface area contributed by atoms with Crippen molar-refractivity contribution in [1.82, 2.24) is 19.3 Å². The van der Waals surface area contributed by atoms with Gasteiger partial charge in [-0.05, 0) is 18.6 Å². The summed E-state index contributed by atoms with van der Waals surface area (Å²) in [5.74, 6) is -2.02. The predicted octanol–water partition coefficient (Wildman–Crippen LogP) is 2.33. The SMILES string of the molecule is O=C(O)NCCc1cn(S(=O)(=O)c2nccs2)c(-c2cccnc2F)c1F. The first-order valence-electron chi connectivity index (χ1n) is 7.45. The van der Waals surface area contributed by atoms with Crippen LogP contribution in [0.3, 0.4) is 0 Å². The Bertz CT molecular complexity index is 1080. The van der Waals surface area contributed by atoms with Gasteiger partial charge in [-0.15, -0.1) is 11.3 Å². The first-order valence-corrected chi connectivity index (χ1v) is 9.77. The number of rotatable bonds is 6. The molecule has 8 nitrogen and oxygen atoms in total. The third-order valence-corrected chi connectivity index (χ3v) is 6.40. The Morgan fingerprint density at radius 2 is 2.07 bits per heavy atom. The van der Waals surface area contributed by atoms with E-state index in [0.29, 0.717) is 3.97 Å². The molecule has 3 heterocycles. The van der Waals surface area contributed by atoms with Crippen molar-refractivity contribution in [3.63, 3.8) is 0 Å². The van der Waals surface area contributed by atoms with Crippen LogP contribution in [0.25, 0.3) is 11.3 Å². The molecule has 12 heteroatoms. The molecule has 1 amide bonds. The third-order valence-electron chi connectivity index (χ3n) is 3.56. The normalized spacial score (nSPS) is 11.5. The molecular formula is C15H12F2N4O4S2. The minimum absolute atomic E-state index is 0.0952. The number of carbonyl (C=O) groups is 1. The second-order valence-electron chi connectivity index (χ2n) is 5.24. The van der Waals surface area contributed by atoms with Crippen molar-refractivity contribution in [2.75, 3.05) is 6.54 Å². The van der Waals surface area contributed by atoms with Crippen LogP contribution in [0.5, 0.6) is 0 Å². The van der Waals surface area contributed by atoms with Crippen LogP contribution in [-0.2, 0) is 16.4 Å². The summed E-state index contributed by atoms with van der Waals surface area (Å²) >= 11 is 0.828. The number of pyridine rings is 1. The van der Waals surface area contributed by atoms with Crippen LogP contribution in [0.4, 0.5) is 13.6 Å². The summed E-state index contributed by atoms with van der Waals surface area (Å²) < 4.78 is 55.1. The zero-order chi connectivity index (χ0) is 19.6. The molecule has 3 aromatic rings. The lowest BCUT2D eigenvalue weighted by Crippen LogP contribution is -2.23. The van der Waals surface area contributed by atoms with E-state index in [1.165, 1.54) is 23.7 Å². The number of nitrogens with zero attached hydrogens (tertiary/aromatic N) is 3. The maximum absolute atomic E-state index is 15.0. The molecule has 3 aromatic heterocycles. The molecule has 0 aliphatic heterocycles. The summed E-state index contributed by atoms with van der Waals surface area (Å²) in [5, 5.41) is 12.1. The van der Waals surface area contributed by atoms with E-state index < -0.39 is 33.6 Å². The van der Waals surface area contributed by atoms with Crippen LogP contribution in [-0.4, -0.2) is 40.1 Å². The average molecular weight is 414 g/mol. The van der Waals surface area contributed by atoms with E-state index in [1.54, 1.807) is 0 Å². The van der Waals surface area contributed by atoms with Gasteiger partial charge in [0.2, 0.25) is 10.3 Å². The lowest BCUT2D eigenvalue weighted by Gasteiger charge is -2.08. The molecule has 2 N–H and O–H groups in total. The van der Waals surface area contributed by atoms with Crippen molar-refractivity contribution in [2.45, 2.75) is 10.8 Å². The second kappa shape index (κ2) is 7.40. The molecule has 27 heavy (non-hydrogen) atoms. The van der Waals surface area contributed by atoms with Gasteiger partial charge in [0.25, 0.3) is 10.0 Å². The number of amides is 1. The largest absolute Gasteiger partial charge is 0.465 e. The standard InChI is InChI=1S/C15H12F2N4O4S2/c16-11-9(3-5-19-14(22)23)8-21(27(24,25)15-20-6-7-26-15)12(11)10-2-1-4-18-13(10)17/h1-2,4,6-8,19H,3,5H2,(H,22,23). The molecule has 0 aliphatic rings. The van der Waals surface area contributed by atoms with Crippen LogP contribution < -0.4 is 5.32 Å². The van der Waals surface area contributed by atoms with Crippen molar-refractivity contribution in [2.24, 2.45) is 0 Å². The second-order valence-corrected chi connectivity index (χ2v) is 8.12. The fraction of sp³-hybridized carbons (Fsp3) is 0.133. The van der Waals surface area contributed by atoms with Crippen LogP contribution in [0.2, 0.25) is 0 Å². The van der Waals surface area contributed by atoms with Gasteiger partial charge in [0.05, 0.1) is 5.56 Å². The fourth-order valence-electron chi connectivity index (χ4n) is 2.40. The zero-order valence-corrected chi connectivity index (χ0v) is 15.1. The lowest BCUT2D eigenvalue weighted by atomic mass is 10.1. The topological polar surface area (TPSA) is 114 Å². The first kappa shape index (κ1) is 18.9. The summed E-state index contributed by atoms with van der Waals surface area (Å²) in [4.78, 5) is 17.7. The highest BCUT2D eigenvalue weighted by molar-refractivity contribution is 7.92. The highest BCUT2D eigenvalue weighted by atomic mass is 32.2. The summed E-state index contributed by atoms with van der Waals surface area (Å²) in [5.41, 5.74) is -0.962. The van der Waals surface area contributed by atoms with Gasteiger partial charge in [-0.1, -0.05) is 0 Å². The maximum atomic E-state index is 15.0. The molecule has 0 aromatic carbocycles. The van der Waals surface area contributed by atoms with E-state index in [0.717, 1.165) is 23.7 Å². The molecule has 3 rings (SSSR count). The number of aromatic nitrogens is 3. The van der Waals surface area contributed by atoms with Crippen molar-refractivity contribution in [3.05, 3.63) is 53.4 Å². The Kier molecular flexibility index (Phi) is 5.19. The number of thiazole rings is 1. The maximum Gasteiger partial charge on any atom is 0.404 e. The smallest absolute Gasteiger partial charge is 0.404 e. The van der Waals surface area contributed by atoms with E-state index in [9.17, 15) is 22.0 Å². The molecule has 0 fully saturated rings. The predicted molar refractivity (Wildman–Crippen MR) is 92.0 cm³/mol. The number of nitrogens with one attached hydrogen (secondary N) is 1. The highest BCUT2D eigenvalue weighted by Gasteiger charge is 2.29. The Morgan fingerprint density at radius 3 is 2.70 bits per heavy atom. The molecule has 142 valence electrons. The van der Waals surface area contributed by atoms with Crippen LogP contribution >= 0.6 is 11.3 Å². The van der Waals surface area contributed by atoms with Crippen molar-refractivity contribution < 1.29 is 27.1 Å². The first-order chi connectivity index (χ1) is 12.8. The van der Waals surface area contributed by atoms with Gasteiger partial charge in [-0.2, -0.15) is 12.8 Å². The van der Waals surface area contributed by atoms with E-state index in [-0.39, 0.29) is 28.4 Å². The Hall–Kier alpha value is -2.86. The summed E-state index contributed by atoms with van der Waals surface area (Å²) in [7, 11) is -4.28. The van der Waals surface area contributed by atoms with Crippen molar-refractivity contribution >= 4 is 27.5 Å². The Labute approximate surface area is 156 Å². The summed E-state index contributed by atoms with van der Waals surface area (Å²) in [6.45, 7) is -0.150. The van der Waals surface area contributed by atoms with Crippen molar-refractivity contribution in [1.29, 1.82) is 0 Å². The summed E-state index contributed by atoms with van der Waals surface area (Å²) in [6.07, 6.45) is 1.99. The Balaban J connectivity index is 2.16. The molecule has 0 radical (unpaired) electrons. The molecule has 0 unspecified atom stereocenters. The number of carboxylic acid groups (broad SMARTS) is 1. The van der Waals surface area contributed by atoms with E-state index in [4.69, 9.17) is 5.11 Å². The molecule has 0 saturated heterocycles. The van der Waals surface area contributed by atoms with Crippen molar-refractivity contribution in [3.8, 4) is 11.3 Å². The molecule has 0 aliphatic carbocycles. The number of halogens is 2. The van der Waals surface area contributed by atoms with Gasteiger partial charge in [-0.3, -0.25) is 0 Å². The molecular weight excluding hydrogens is 402 g/mol. The fourth-order valence-corrected chi connectivity index (χ4v) is 4.70. The zero-order valence-electron chi connectivity index (χ0n) is 13.5.